The van der Waals surface area contributed by atoms with E-state index in [0.29, 0.717) is 11.3 Å². The topological polar surface area (TPSA) is 82.2 Å². The molecule has 0 radical (unpaired) electrons. The van der Waals surface area contributed by atoms with E-state index in [1.54, 1.807) is 6.07 Å². The Bertz CT molecular complexity index is 1030. The van der Waals surface area contributed by atoms with Crippen molar-refractivity contribution in [1.82, 2.24) is 0 Å². The smallest absolute Gasteiger partial charge is 0.339 e. The van der Waals surface area contributed by atoms with Crippen LogP contribution >= 0.6 is 0 Å². The number of rotatable bonds is 16. The molecule has 0 amide bonds. The summed E-state index contributed by atoms with van der Waals surface area (Å²) in [6.45, 7) is 2.79. The van der Waals surface area contributed by atoms with Crippen LogP contribution in [0.25, 0.3) is 11.0 Å². The molecule has 0 aliphatic carbocycles. The lowest BCUT2D eigenvalue weighted by Crippen LogP contribution is -2.10. The highest BCUT2D eigenvalue weighted by Crippen LogP contribution is 2.22. The minimum Gasteiger partial charge on any atom is -0.422 e. The van der Waals surface area contributed by atoms with Crippen molar-refractivity contribution in [3.8, 4) is 0 Å². The first kappa shape index (κ1) is 27.4. The summed E-state index contributed by atoms with van der Waals surface area (Å²) in [6, 6.07) is 5.51. The summed E-state index contributed by atoms with van der Waals surface area (Å²) in [6.07, 6.45) is 29.3. The van der Waals surface area contributed by atoms with Crippen molar-refractivity contribution in [3.63, 3.8) is 0 Å². The summed E-state index contributed by atoms with van der Waals surface area (Å²) < 4.78 is 5.48. The summed E-state index contributed by atoms with van der Waals surface area (Å²) in [5.41, 5.74) is 14.0. The maximum Gasteiger partial charge on any atom is 0.339 e. The van der Waals surface area contributed by atoms with Crippen LogP contribution in [-0.4, -0.2) is 6.54 Å². The van der Waals surface area contributed by atoms with Crippen molar-refractivity contribution >= 4 is 16.7 Å². The van der Waals surface area contributed by atoms with Gasteiger partial charge in [-0.1, -0.05) is 55.0 Å². The number of allylic oxidation sites excluding steroid dienone is 8. The van der Waals surface area contributed by atoms with E-state index in [2.05, 4.69) is 48.6 Å². The van der Waals surface area contributed by atoms with Crippen molar-refractivity contribution in [2.24, 2.45) is 5.73 Å². The van der Waals surface area contributed by atoms with Crippen LogP contribution in [-0.2, 0) is 6.42 Å². The van der Waals surface area contributed by atoms with E-state index >= 15 is 0 Å². The molecule has 0 aliphatic heterocycles. The highest BCUT2D eigenvalue weighted by molar-refractivity contribution is 5.83. The molecule has 0 fully saturated rings. The second-order valence-corrected chi connectivity index (χ2v) is 8.73. The van der Waals surface area contributed by atoms with Gasteiger partial charge in [-0.05, 0) is 95.4 Å². The van der Waals surface area contributed by atoms with Crippen molar-refractivity contribution in [3.05, 3.63) is 88.4 Å². The molecule has 1 aromatic heterocycles. The Balaban J connectivity index is 1.55. The number of hydrogen-bond acceptors (Lipinski definition) is 4. The molecule has 0 unspecified atom stereocenters. The average molecular weight is 463 g/mol. The summed E-state index contributed by atoms with van der Waals surface area (Å²) in [4.78, 5) is 12.4. The summed E-state index contributed by atoms with van der Waals surface area (Å²) in [5.74, 6) is 0. The first-order chi connectivity index (χ1) is 16.6. The molecule has 4 nitrogen and oxygen atoms in total. The van der Waals surface area contributed by atoms with Gasteiger partial charge in [0, 0.05) is 22.7 Å². The van der Waals surface area contributed by atoms with Crippen LogP contribution in [0.4, 0.5) is 5.69 Å². The summed E-state index contributed by atoms with van der Waals surface area (Å²) >= 11 is 0. The number of anilines is 1. The normalized spacial score (nSPS) is 12.4. The maximum atomic E-state index is 12.4. The van der Waals surface area contributed by atoms with Crippen LogP contribution in [0.1, 0.15) is 75.3 Å². The standard InChI is InChI=1S/C30H42N2O2/c1-25-27-22-21-26(32)24-29(27)34-30(33)28(25)20-18-16-14-12-10-8-6-4-2-3-5-7-9-11-13-15-17-19-23-31/h2,4-5,7-8,10-11,13,21-22,24H,3,6,9,12,14-20,23,31-32H2,1H3/b4-2-,7-5-,10-8-,13-11-. The number of nitrogens with two attached hydrogens (primary N) is 2. The monoisotopic (exact) mass is 462 g/mol. The first-order valence-corrected chi connectivity index (χ1v) is 12.8. The van der Waals surface area contributed by atoms with Crippen molar-refractivity contribution < 1.29 is 4.42 Å². The van der Waals surface area contributed by atoms with Crippen LogP contribution < -0.4 is 17.1 Å². The Labute approximate surface area is 205 Å². The van der Waals surface area contributed by atoms with Gasteiger partial charge in [0.1, 0.15) is 5.58 Å². The predicted octanol–water partition coefficient (Wildman–Crippen LogP) is 7.31. The van der Waals surface area contributed by atoms with Gasteiger partial charge in [-0.2, -0.15) is 0 Å². The Morgan fingerprint density at radius 2 is 1.38 bits per heavy atom. The predicted molar refractivity (Wildman–Crippen MR) is 147 cm³/mol. The molecule has 1 heterocycles. The Kier molecular flexibility index (Phi) is 13.5. The SMILES string of the molecule is Cc1c(CCCCC/C=C\C/C=C\C/C=C\C/C=C\CCCCN)c(=O)oc2cc(N)ccc12. The minimum atomic E-state index is -0.230. The lowest BCUT2D eigenvalue weighted by Gasteiger charge is -2.08. The highest BCUT2D eigenvalue weighted by atomic mass is 16.4. The zero-order valence-corrected chi connectivity index (χ0v) is 20.8. The molecule has 1 aromatic carbocycles. The van der Waals surface area contributed by atoms with Crippen LogP contribution in [0, 0.1) is 6.92 Å². The molecule has 0 aliphatic rings. The van der Waals surface area contributed by atoms with Crippen LogP contribution in [0.2, 0.25) is 0 Å². The Morgan fingerprint density at radius 1 is 0.794 bits per heavy atom. The second-order valence-electron chi connectivity index (χ2n) is 8.73. The van der Waals surface area contributed by atoms with E-state index in [1.165, 1.54) is 6.42 Å². The summed E-state index contributed by atoms with van der Waals surface area (Å²) in [7, 11) is 0. The molecule has 0 saturated carbocycles. The van der Waals surface area contributed by atoms with Crippen molar-refractivity contribution in [2.75, 3.05) is 12.3 Å². The number of hydrogen-bond donors (Lipinski definition) is 2. The van der Waals surface area contributed by atoms with Gasteiger partial charge in [-0.25, -0.2) is 4.79 Å². The van der Waals surface area contributed by atoms with Crippen molar-refractivity contribution in [1.29, 1.82) is 0 Å². The molecular formula is C30H42N2O2. The Hall–Kier alpha value is -2.85. The van der Waals surface area contributed by atoms with E-state index < -0.39 is 0 Å². The van der Waals surface area contributed by atoms with E-state index in [-0.39, 0.29) is 5.63 Å². The average Bonchev–Trinajstić information content (AvgIpc) is 2.82. The maximum absolute atomic E-state index is 12.4. The lowest BCUT2D eigenvalue weighted by molar-refractivity contribution is 0.543. The fraction of sp³-hybridized carbons (Fsp3) is 0.433. The number of aryl methyl sites for hydroxylation is 1. The van der Waals surface area contributed by atoms with Crippen LogP contribution in [0.3, 0.4) is 0 Å². The molecule has 184 valence electrons. The molecule has 0 bridgehead atoms. The molecule has 2 rings (SSSR count). The van der Waals surface area contributed by atoms with Gasteiger partial charge in [0.25, 0.3) is 0 Å². The molecule has 2 aromatic rings. The van der Waals surface area contributed by atoms with Gasteiger partial charge >= 0.3 is 5.63 Å². The minimum absolute atomic E-state index is 0.230. The van der Waals surface area contributed by atoms with E-state index in [0.717, 1.165) is 87.3 Å². The molecule has 0 saturated heterocycles. The fourth-order valence-corrected chi connectivity index (χ4v) is 3.90. The third-order valence-electron chi connectivity index (χ3n) is 5.92. The van der Waals surface area contributed by atoms with Gasteiger partial charge in [-0.15, -0.1) is 0 Å². The fourth-order valence-electron chi connectivity index (χ4n) is 3.90. The van der Waals surface area contributed by atoms with Gasteiger partial charge < -0.3 is 15.9 Å². The zero-order chi connectivity index (χ0) is 24.4. The molecule has 4 heteroatoms. The van der Waals surface area contributed by atoms with Gasteiger partial charge in [0.05, 0.1) is 0 Å². The Morgan fingerprint density at radius 3 is 2.00 bits per heavy atom. The third kappa shape index (κ3) is 10.4. The highest BCUT2D eigenvalue weighted by Gasteiger charge is 2.11. The van der Waals surface area contributed by atoms with Gasteiger partial charge in [0.2, 0.25) is 0 Å². The van der Waals surface area contributed by atoms with E-state index in [9.17, 15) is 4.79 Å². The largest absolute Gasteiger partial charge is 0.422 e. The van der Waals surface area contributed by atoms with Gasteiger partial charge in [-0.3, -0.25) is 0 Å². The van der Waals surface area contributed by atoms with E-state index in [4.69, 9.17) is 15.9 Å². The van der Waals surface area contributed by atoms with Crippen LogP contribution in [0.5, 0.6) is 0 Å². The number of unbranched alkanes of at least 4 members (excludes halogenated alkanes) is 5. The second kappa shape index (κ2) is 16.7. The number of benzene rings is 1. The van der Waals surface area contributed by atoms with Crippen LogP contribution in [0.15, 0.2) is 76.0 Å². The first-order valence-electron chi connectivity index (χ1n) is 12.8. The number of fused-ring (bicyclic) bond motifs is 1. The zero-order valence-electron chi connectivity index (χ0n) is 20.8. The third-order valence-corrected chi connectivity index (χ3v) is 5.92. The molecule has 4 N–H and O–H groups in total. The number of nitrogen functional groups attached to an aromatic ring is 1. The molecule has 34 heavy (non-hydrogen) atoms. The molecule has 0 atom stereocenters. The van der Waals surface area contributed by atoms with E-state index in [1.807, 2.05) is 19.1 Å². The molecule has 0 spiro atoms. The lowest BCUT2D eigenvalue weighted by atomic mass is 10.0. The van der Waals surface area contributed by atoms with Crippen molar-refractivity contribution in [2.45, 2.75) is 77.6 Å². The molecular weight excluding hydrogens is 420 g/mol. The summed E-state index contributed by atoms with van der Waals surface area (Å²) in [5, 5.41) is 0.973. The quantitative estimate of drug-likeness (QED) is 0.119. The van der Waals surface area contributed by atoms with Gasteiger partial charge in [0.15, 0.2) is 0 Å².